The van der Waals surface area contributed by atoms with Gasteiger partial charge >= 0.3 is 0 Å². The molecule has 0 aliphatic carbocycles. The third-order valence-electron chi connectivity index (χ3n) is 5.25. The Morgan fingerprint density at radius 2 is 1.23 bits per heavy atom. The minimum Gasteiger partial charge on any atom is -0.133 e. The van der Waals surface area contributed by atoms with Gasteiger partial charge in [-0.15, -0.1) is 16.5 Å². The van der Waals surface area contributed by atoms with Gasteiger partial charge in [-0.1, -0.05) is 81.3 Å². The van der Waals surface area contributed by atoms with E-state index < -0.39 is 10.0 Å². The van der Waals surface area contributed by atoms with Gasteiger partial charge in [-0.2, -0.15) is 0 Å². The van der Waals surface area contributed by atoms with Crippen LogP contribution in [0.5, 0.6) is 0 Å². The van der Waals surface area contributed by atoms with Crippen molar-refractivity contribution in [3.8, 4) is 12.3 Å². The summed E-state index contributed by atoms with van der Waals surface area (Å²) >= 11 is 0. The van der Waals surface area contributed by atoms with Crippen molar-refractivity contribution in [3.63, 3.8) is 0 Å². The normalized spacial score (nSPS) is 13.2. The number of hydrogen-bond donors (Lipinski definition) is 0. The highest BCUT2D eigenvalue weighted by molar-refractivity contribution is 8.37. The Bertz CT molecular complexity index is 1020. The number of benzene rings is 3. The van der Waals surface area contributed by atoms with Crippen LogP contribution in [-0.2, 0) is 5.41 Å². The van der Waals surface area contributed by atoms with Gasteiger partial charge in [0, 0.05) is 14.7 Å². The third kappa shape index (κ3) is 4.16. The van der Waals surface area contributed by atoms with E-state index in [0.29, 0.717) is 0 Å². The zero-order valence-corrected chi connectivity index (χ0v) is 19.1. The van der Waals surface area contributed by atoms with Crippen molar-refractivity contribution in [2.45, 2.75) is 47.8 Å². The molecule has 0 N–H and O–H groups in total. The molecular formula is C29H30S. The molecule has 0 heterocycles. The van der Waals surface area contributed by atoms with Crippen LogP contribution in [0.4, 0.5) is 0 Å². The van der Waals surface area contributed by atoms with Crippen LogP contribution >= 0.6 is 10.0 Å². The fourth-order valence-corrected chi connectivity index (χ4v) is 7.66. The Kier molecular flexibility index (Phi) is 6.70. The van der Waals surface area contributed by atoms with Gasteiger partial charge in [0.15, 0.2) is 0 Å². The first kappa shape index (κ1) is 21.8. The fourth-order valence-electron chi connectivity index (χ4n) is 3.73. The summed E-state index contributed by atoms with van der Waals surface area (Å²) in [6.45, 7) is 8.87. The Labute approximate surface area is 183 Å². The SMILES string of the molecule is C#C/C=C\C(=C/C)S(c1ccccc1)(c1ccccc1)c1ccc(C(C)(C)C)cc1. The van der Waals surface area contributed by atoms with Gasteiger partial charge in [0.05, 0.1) is 0 Å². The highest BCUT2D eigenvalue weighted by Gasteiger charge is 2.33. The predicted molar refractivity (Wildman–Crippen MR) is 132 cm³/mol. The molecule has 0 amide bonds. The van der Waals surface area contributed by atoms with Crippen LogP contribution < -0.4 is 0 Å². The fraction of sp³-hybridized carbons (Fsp3) is 0.172. The number of hydrogen-bond acceptors (Lipinski definition) is 0. The van der Waals surface area contributed by atoms with Crippen LogP contribution in [0, 0.1) is 12.3 Å². The Morgan fingerprint density at radius 3 is 1.63 bits per heavy atom. The summed E-state index contributed by atoms with van der Waals surface area (Å²) in [6, 6.07) is 30.8. The summed E-state index contributed by atoms with van der Waals surface area (Å²) in [5.74, 6) is 2.68. The van der Waals surface area contributed by atoms with Crippen molar-refractivity contribution >= 4 is 10.0 Å². The second-order valence-corrected chi connectivity index (χ2v) is 11.3. The lowest BCUT2D eigenvalue weighted by Gasteiger charge is -2.43. The first-order valence-corrected chi connectivity index (χ1v) is 11.9. The predicted octanol–water partition coefficient (Wildman–Crippen LogP) is 8.36. The van der Waals surface area contributed by atoms with Crippen LogP contribution in [0.25, 0.3) is 0 Å². The first-order chi connectivity index (χ1) is 14.4. The molecule has 0 atom stereocenters. The minimum absolute atomic E-state index is 0.114. The summed E-state index contributed by atoms with van der Waals surface area (Å²) in [5, 5.41) is 0. The highest BCUT2D eigenvalue weighted by atomic mass is 32.3. The molecule has 0 unspecified atom stereocenters. The zero-order chi connectivity index (χ0) is 21.6. The van der Waals surface area contributed by atoms with E-state index in [1.165, 1.54) is 25.2 Å². The van der Waals surface area contributed by atoms with Gasteiger partial charge in [0.25, 0.3) is 0 Å². The highest BCUT2D eigenvalue weighted by Crippen LogP contribution is 2.73. The molecule has 0 radical (unpaired) electrons. The second-order valence-electron chi connectivity index (χ2n) is 8.20. The van der Waals surface area contributed by atoms with E-state index in [2.05, 4.69) is 131 Å². The van der Waals surface area contributed by atoms with Crippen LogP contribution in [0.15, 0.2) is 123 Å². The molecule has 0 aliphatic heterocycles. The Balaban J connectivity index is 2.40. The molecule has 152 valence electrons. The molecule has 0 spiro atoms. The van der Waals surface area contributed by atoms with Crippen LogP contribution in [0.3, 0.4) is 0 Å². The zero-order valence-electron chi connectivity index (χ0n) is 18.3. The molecule has 3 rings (SSSR count). The largest absolute Gasteiger partial charge is 0.133 e. The molecule has 0 bridgehead atoms. The van der Waals surface area contributed by atoms with Gasteiger partial charge in [0.1, 0.15) is 0 Å². The lowest BCUT2D eigenvalue weighted by Crippen LogP contribution is -2.11. The maximum absolute atomic E-state index is 5.60. The van der Waals surface area contributed by atoms with E-state index in [1.54, 1.807) is 0 Å². The molecule has 0 saturated carbocycles. The molecule has 0 aliphatic rings. The maximum Gasteiger partial charge on any atom is 0.00230 e. The maximum atomic E-state index is 5.60. The topological polar surface area (TPSA) is 0 Å². The van der Waals surface area contributed by atoms with Crippen LogP contribution in [0.1, 0.15) is 33.3 Å². The first-order valence-electron chi connectivity index (χ1n) is 10.3. The van der Waals surface area contributed by atoms with Gasteiger partial charge in [-0.25, -0.2) is 0 Å². The van der Waals surface area contributed by atoms with E-state index in [9.17, 15) is 0 Å². The lowest BCUT2D eigenvalue weighted by atomic mass is 9.87. The smallest absolute Gasteiger partial charge is 0.00230 e. The molecule has 0 aromatic heterocycles. The molecule has 1 heteroatoms. The summed E-state index contributed by atoms with van der Waals surface area (Å²) < 4.78 is 0. The van der Waals surface area contributed by atoms with Crippen molar-refractivity contribution in [1.82, 2.24) is 0 Å². The number of allylic oxidation sites excluding steroid dienone is 3. The molecule has 30 heavy (non-hydrogen) atoms. The van der Waals surface area contributed by atoms with Crippen molar-refractivity contribution in [2.75, 3.05) is 0 Å². The molecule has 3 aromatic carbocycles. The van der Waals surface area contributed by atoms with Crippen molar-refractivity contribution < 1.29 is 0 Å². The van der Waals surface area contributed by atoms with E-state index >= 15 is 0 Å². The monoisotopic (exact) mass is 410 g/mol. The van der Waals surface area contributed by atoms with E-state index in [1.807, 2.05) is 6.08 Å². The second kappa shape index (κ2) is 9.24. The summed E-state index contributed by atoms with van der Waals surface area (Å²) in [5.41, 5.74) is 1.45. The van der Waals surface area contributed by atoms with Gasteiger partial charge in [-0.3, -0.25) is 0 Å². The Morgan fingerprint density at radius 1 is 0.767 bits per heavy atom. The summed E-state index contributed by atoms with van der Waals surface area (Å²) in [6.07, 6.45) is 11.7. The molecule has 0 nitrogen and oxygen atoms in total. The molecule has 3 aromatic rings. The molecular weight excluding hydrogens is 380 g/mol. The summed E-state index contributed by atoms with van der Waals surface area (Å²) in [4.78, 5) is 5.15. The standard InChI is InChI=1S/C29H30S/c1-6-8-15-25(7-2)30(26-16-11-9-12-17-26,27-18-13-10-14-19-27)28-22-20-24(21-23-28)29(3,4)5/h1,7-23H,2-5H3/b15-8-,25-7+. The average molecular weight is 411 g/mol. The van der Waals surface area contributed by atoms with E-state index in [4.69, 9.17) is 6.42 Å². The van der Waals surface area contributed by atoms with E-state index in [-0.39, 0.29) is 5.41 Å². The average Bonchev–Trinajstić information content (AvgIpc) is 2.77. The van der Waals surface area contributed by atoms with Crippen molar-refractivity contribution in [2.24, 2.45) is 0 Å². The van der Waals surface area contributed by atoms with Crippen LogP contribution in [-0.4, -0.2) is 0 Å². The van der Waals surface area contributed by atoms with Crippen molar-refractivity contribution in [1.29, 1.82) is 0 Å². The number of terminal acetylenes is 1. The minimum atomic E-state index is -1.68. The quantitative estimate of drug-likeness (QED) is 0.293. The van der Waals surface area contributed by atoms with Crippen LogP contribution in [0.2, 0.25) is 0 Å². The number of rotatable bonds is 5. The van der Waals surface area contributed by atoms with Gasteiger partial charge in [-0.05, 0) is 71.4 Å². The van der Waals surface area contributed by atoms with Gasteiger partial charge in [0.2, 0.25) is 0 Å². The summed E-state index contributed by atoms with van der Waals surface area (Å²) in [7, 11) is -1.68. The van der Waals surface area contributed by atoms with Gasteiger partial charge < -0.3 is 0 Å². The Hall–Kier alpha value is -2.95. The van der Waals surface area contributed by atoms with E-state index in [0.717, 1.165) is 0 Å². The molecule has 0 fully saturated rings. The lowest BCUT2D eigenvalue weighted by molar-refractivity contribution is 0.589. The van der Waals surface area contributed by atoms with Crippen molar-refractivity contribution in [3.05, 3.63) is 114 Å². The third-order valence-corrected chi connectivity index (χ3v) is 9.27. The molecule has 0 saturated heterocycles.